The average Bonchev–Trinajstić information content (AvgIpc) is 3.33. The molecule has 2 saturated carbocycles. The van der Waals surface area contributed by atoms with E-state index >= 15 is 0 Å². The van der Waals surface area contributed by atoms with Crippen molar-refractivity contribution in [2.24, 2.45) is 21.7 Å². The van der Waals surface area contributed by atoms with Crippen LogP contribution in [0.1, 0.15) is 159 Å². The largest absolute Gasteiger partial charge is 0.463 e. The lowest BCUT2D eigenvalue weighted by Gasteiger charge is -2.47. The molecule has 0 aliphatic heterocycles. The molecule has 422 valence electrons. The van der Waals surface area contributed by atoms with E-state index in [0.717, 1.165) is 31.4 Å². The van der Waals surface area contributed by atoms with Crippen molar-refractivity contribution in [1.29, 1.82) is 0 Å². The number of ether oxygens (including phenoxy) is 8. The van der Waals surface area contributed by atoms with Crippen molar-refractivity contribution in [3.05, 3.63) is 25.3 Å². The van der Waals surface area contributed by atoms with E-state index in [9.17, 15) is 38.4 Å². The molecular formula is C54H90N4O16. The molecule has 74 heavy (non-hydrogen) atoms. The minimum absolute atomic E-state index is 0.00986. The van der Waals surface area contributed by atoms with Crippen molar-refractivity contribution < 1.29 is 76.3 Å². The summed E-state index contributed by atoms with van der Waals surface area (Å²) in [6.45, 7) is 26.9. The predicted octanol–water partition coefficient (Wildman–Crippen LogP) is 7.73. The zero-order valence-electron chi connectivity index (χ0n) is 46.2. The van der Waals surface area contributed by atoms with Crippen LogP contribution in [0.25, 0.3) is 0 Å². The fraction of sp³-hybridized carbons (Fsp3) is 0.778. The first-order valence-electron chi connectivity index (χ1n) is 26.4. The summed E-state index contributed by atoms with van der Waals surface area (Å²) >= 11 is 0. The number of ketones is 1. The number of Topliss-reactive ketones (excluding diaryl/α,β-unsaturated/α-hetero) is 1. The third kappa shape index (κ3) is 23.1. The van der Waals surface area contributed by atoms with E-state index in [0.29, 0.717) is 70.9 Å². The molecule has 4 atom stereocenters. The van der Waals surface area contributed by atoms with Crippen LogP contribution < -0.4 is 21.3 Å². The Labute approximate surface area is 439 Å². The number of carbonyl (C=O) groups excluding carboxylic acids is 8. The minimum atomic E-state index is -1.14. The SMILES string of the molecule is C=CC(=O)OCCOC(=O)NC1CC(C)(C)CC(C)(CNC(=O)OCCOC(CC)(CC)C(=O)CCCCC(=O)OCCOC(CC)(CC)C(=O)NCC2(C)CC(NC(=O)OCCOC(=O)C=C)CC(C)(C)C2)C1. The fourth-order valence-electron chi connectivity index (χ4n) is 11.0. The van der Waals surface area contributed by atoms with E-state index in [1.54, 1.807) is 0 Å². The molecular weight excluding hydrogens is 961 g/mol. The summed E-state index contributed by atoms with van der Waals surface area (Å²) in [4.78, 5) is 100. The van der Waals surface area contributed by atoms with Gasteiger partial charge in [-0.05, 0) is 98.7 Å². The Kier molecular flexibility index (Phi) is 27.1. The fourth-order valence-corrected chi connectivity index (χ4v) is 11.0. The van der Waals surface area contributed by atoms with Gasteiger partial charge >= 0.3 is 36.2 Å². The van der Waals surface area contributed by atoms with Crippen molar-refractivity contribution in [3.8, 4) is 0 Å². The standard InChI is InChI=1S/C54H90N4O16/c1-13-42(60)67-23-25-71-47(65)57-39-31-49(7,8)35-51(11,33-39)37-55-45(63)54(17-5,18-6)74-29-27-69-44(62)22-20-19-21-41(59)53(15-3,16-4)73-30-28-70-46(64)56-38-52(12)34-40(32-50(9,10)36-52)58-48(66)72-26-24-68-43(61)14-2/h13-14,39-40H,1-2,15-38H2,3-12H3,(H,55,63)(H,56,64)(H,57,65)(H,58,66). The molecule has 0 radical (unpaired) electrons. The molecule has 0 aromatic heterocycles. The van der Waals surface area contributed by atoms with Gasteiger partial charge in [0, 0.05) is 50.2 Å². The lowest BCUT2D eigenvalue weighted by Crippen LogP contribution is -2.54. The summed E-state index contributed by atoms with van der Waals surface area (Å²) in [5.74, 6) is -2.01. The molecule has 4 N–H and O–H groups in total. The normalized spacial score (nSPS) is 21.1. The molecule has 0 aromatic rings. The van der Waals surface area contributed by atoms with Gasteiger partial charge in [0.1, 0.15) is 50.8 Å². The summed E-state index contributed by atoms with van der Waals surface area (Å²) < 4.78 is 43.1. The van der Waals surface area contributed by atoms with Crippen LogP contribution in [0.5, 0.6) is 0 Å². The summed E-state index contributed by atoms with van der Waals surface area (Å²) in [5, 5.41) is 11.8. The number of amides is 4. The van der Waals surface area contributed by atoms with E-state index in [1.165, 1.54) is 0 Å². The second-order valence-electron chi connectivity index (χ2n) is 21.9. The molecule has 0 aromatic carbocycles. The highest BCUT2D eigenvalue weighted by Crippen LogP contribution is 2.47. The van der Waals surface area contributed by atoms with Crippen molar-refractivity contribution in [1.82, 2.24) is 21.3 Å². The number of hydrogen-bond acceptors (Lipinski definition) is 16. The third-order valence-electron chi connectivity index (χ3n) is 14.0. The van der Waals surface area contributed by atoms with Gasteiger partial charge in [0.05, 0.1) is 13.2 Å². The molecule has 2 fully saturated rings. The van der Waals surface area contributed by atoms with Crippen LogP contribution >= 0.6 is 0 Å². The number of hydrogen-bond donors (Lipinski definition) is 4. The maximum atomic E-state index is 13.7. The quantitative estimate of drug-likeness (QED) is 0.0212. The van der Waals surface area contributed by atoms with E-state index < -0.39 is 47.4 Å². The van der Waals surface area contributed by atoms with Gasteiger partial charge < -0.3 is 59.2 Å². The van der Waals surface area contributed by atoms with E-state index in [1.807, 2.05) is 34.6 Å². The number of rotatable bonds is 33. The Bertz CT molecular complexity index is 1880. The molecule has 4 unspecified atom stereocenters. The average molecular weight is 1050 g/mol. The van der Waals surface area contributed by atoms with Crippen molar-refractivity contribution in [2.75, 3.05) is 65.9 Å². The van der Waals surface area contributed by atoms with Gasteiger partial charge in [0.2, 0.25) is 0 Å². The molecule has 2 aliphatic rings. The molecule has 4 amide bonds. The summed E-state index contributed by atoms with van der Waals surface area (Å²) in [7, 11) is 0. The molecule has 0 bridgehead atoms. The first-order valence-corrected chi connectivity index (χ1v) is 26.4. The Morgan fingerprint density at radius 2 is 0.892 bits per heavy atom. The second kappa shape index (κ2) is 31.0. The molecule has 20 heteroatoms. The maximum Gasteiger partial charge on any atom is 0.407 e. The number of carbonyl (C=O) groups is 8. The minimum Gasteiger partial charge on any atom is -0.463 e. The predicted molar refractivity (Wildman–Crippen MR) is 276 cm³/mol. The lowest BCUT2D eigenvalue weighted by atomic mass is 9.62. The summed E-state index contributed by atoms with van der Waals surface area (Å²) in [6, 6.07) is -0.415. The Morgan fingerprint density at radius 3 is 1.35 bits per heavy atom. The highest BCUT2D eigenvalue weighted by Gasteiger charge is 2.45. The van der Waals surface area contributed by atoms with Crippen LogP contribution in [0.2, 0.25) is 0 Å². The maximum absolute atomic E-state index is 13.7. The Balaban J connectivity index is 1.75. The molecule has 2 aliphatic carbocycles. The van der Waals surface area contributed by atoms with Gasteiger partial charge in [-0.15, -0.1) is 0 Å². The molecule has 0 heterocycles. The summed E-state index contributed by atoms with van der Waals surface area (Å²) in [5.41, 5.74) is -3.20. The molecule has 2 rings (SSSR count). The number of nitrogens with one attached hydrogen (secondary N) is 4. The smallest absolute Gasteiger partial charge is 0.407 e. The first kappa shape index (κ1) is 64.9. The highest BCUT2D eigenvalue weighted by molar-refractivity contribution is 5.87. The monoisotopic (exact) mass is 1050 g/mol. The Morgan fingerprint density at radius 1 is 0.500 bits per heavy atom. The van der Waals surface area contributed by atoms with Crippen molar-refractivity contribution >= 4 is 47.9 Å². The zero-order valence-corrected chi connectivity index (χ0v) is 46.2. The van der Waals surface area contributed by atoms with Crippen molar-refractivity contribution in [3.63, 3.8) is 0 Å². The van der Waals surface area contributed by atoms with Crippen LogP contribution in [0.4, 0.5) is 14.4 Å². The van der Waals surface area contributed by atoms with Gasteiger partial charge in [-0.3, -0.25) is 14.4 Å². The first-order chi connectivity index (χ1) is 34.8. The highest BCUT2D eigenvalue weighted by atomic mass is 16.6. The van der Waals surface area contributed by atoms with Gasteiger partial charge in [-0.25, -0.2) is 24.0 Å². The number of alkyl carbamates (subject to hydrolysis) is 3. The zero-order chi connectivity index (χ0) is 55.6. The van der Waals surface area contributed by atoms with Gasteiger partial charge in [0.15, 0.2) is 5.78 Å². The van der Waals surface area contributed by atoms with Crippen LogP contribution in [0.3, 0.4) is 0 Å². The number of unbranched alkanes of at least 4 members (excludes halogenated alkanes) is 1. The van der Waals surface area contributed by atoms with Crippen molar-refractivity contribution in [2.45, 2.75) is 182 Å². The number of esters is 3. The molecule has 20 nitrogen and oxygen atoms in total. The molecule has 0 saturated heterocycles. The van der Waals surface area contributed by atoms with E-state index in [-0.39, 0.29) is 111 Å². The molecule has 0 spiro atoms. The third-order valence-corrected chi connectivity index (χ3v) is 14.0. The summed E-state index contributed by atoms with van der Waals surface area (Å²) in [6.07, 6.45) is 7.18. The van der Waals surface area contributed by atoms with Crippen LogP contribution in [0.15, 0.2) is 25.3 Å². The lowest BCUT2D eigenvalue weighted by molar-refractivity contribution is -0.156. The van der Waals surface area contributed by atoms with Gasteiger partial charge in [0.25, 0.3) is 5.91 Å². The van der Waals surface area contributed by atoms with Crippen LogP contribution in [0, 0.1) is 21.7 Å². The van der Waals surface area contributed by atoms with Crippen LogP contribution in [-0.4, -0.2) is 137 Å². The Hall–Kier alpha value is -5.24. The van der Waals surface area contributed by atoms with E-state index in [2.05, 4.69) is 69.0 Å². The van der Waals surface area contributed by atoms with Gasteiger partial charge in [-0.2, -0.15) is 0 Å². The topological polar surface area (TPSA) is 259 Å². The van der Waals surface area contributed by atoms with E-state index in [4.69, 9.17) is 37.9 Å². The van der Waals surface area contributed by atoms with Gasteiger partial charge in [-0.1, -0.05) is 82.4 Å². The second-order valence-corrected chi connectivity index (χ2v) is 21.9. The van der Waals surface area contributed by atoms with Crippen LogP contribution in [-0.2, 0) is 61.9 Å².